The summed E-state index contributed by atoms with van der Waals surface area (Å²) in [6.07, 6.45) is 1.36. The summed E-state index contributed by atoms with van der Waals surface area (Å²) in [4.78, 5) is 11.9. The number of halogens is 1. The zero-order chi connectivity index (χ0) is 13.6. The van der Waals surface area contributed by atoms with Crippen LogP contribution in [0.25, 0.3) is 0 Å². The first kappa shape index (κ1) is 14.6. The first-order chi connectivity index (χ1) is 8.45. The monoisotopic (exact) mass is 252 g/mol. The van der Waals surface area contributed by atoms with Crippen molar-refractivity contribution in [3.8, 4) is 0 Å². The van der Waals surface area contributed by atoms with Crippen LogP contribution >= 0.6 is 0 Å². The van der Waals surface area contributed by atoms with Gasteiger partial charge in [-0.15, -0.1) is 0 Å². The summed E-state index contributed by atoms with van der Waals surface area (Å²) in [5.74, 6) is -0.234. The highest BCUT2D eigenvalue weighted by molar-refractivity contribution is 5.81. The molecule has 0 aliphatic carbocycles. The van der Waals surface area contributed by atoms with Crippen LogP contribution in [-0.2, 0) is 11.2 Å². The zero-order valence-electron chi connectivity index (χ0n) is 11.0. The van der Waals surface area contributed by atoms with Gasteiger partial charge in [-0.1, -0.05) is 26.0 Å². The van der Waals surface area contributed by atoms with Gasteiger partial charge < -0.3 is 11.1 Å². The Balaban J connectivity index is 2.37. The fourth-order valence-corrected chi connectivity index (χ4v) is 1.69. The molecule has 0 aromatic heterocycles. The van der Waals surface area contributed by atoms with Crippen molar-refractivity contribution < 1.29 is 9.18 Å². The molecule has 0 atom stereocenters. The van der Waals surface area contributed by atoms with Crippen LogP contribution in [0.3, 0.4) is 0 Å². The predicted molar refractivity (Wildman–Crippen MR) is 70.6 cm³/mol. The Morgan fingerprint density at radius 2 is 1.94 bits per heavy atom. The number of benzene rings is 1. The topological polar surface area (TPSA) is 55.1 Å². The van der Waals surface area contributed by atoms with Gasteiger partial charge in [-0.05, 0) is 37.1 Å². The quantitative estimate of drug-likeness (QED) is 0.812. The largest absolute Gasteiger partial charge is 0.355 e. The van der Waals surface area contributed by atoms with Crippen LogP contribution in [0.1, 0.15) is 25.8 Å². The molecular formula is C14H21FN2O. The Kier molecular flexibility index (Phi) is 5.28. The van der Waals surface area contributed by atoms with Crippen LogP contribution in [0.5, 0.6) is 0 Å². The summed E-state index contributed by atoms with van der Waals surface area (Å²) in [7, 11) is 0. The van der Waals surface area contributed by atoms with Crippen LogP contribution in [0.15, 0.2) is 24.3 Å². The van der Waals surface area contributed by atoms with Crippen molar-refractivity contribution in [2.75, 3.05) is 13.1 Å². The van der Waals surface area contributed by atoms with Gasteiger partial charge in [0.1, 0.15) is 5.82 Å². The van der Waals surface area contributed by atoms with E-state index in [-0.39, 0.29) is 11.7 Å². The first-order valence-corrected chi connectivity index (χ1v) is 6.18. The highest BCUT2D eigenvalue weighted by Crippen LogP contribution is 2.19. The van der Waals surface area contributed by atoms with Crippen molar-refractivity contribution in [1.29, 1.82) is 0 Å². The molecule has 0 fully saturated rings. The molecule has 0 bridgehead atoms. The van der Waals surface area contributed by atoms with Gasteiger partial charge in [0, 0.05) is 12.0 Å². The zero-order valence-corrected chi connectivity index (χ0v) is 11.0. The molecule has 1 aromatic rings. The molecular weight excluding hydrogens is 231 g/mol. The highest BCUT2D eigenvalue weighted by atomic mass is 19.1. The van der Waals surface area contributed by atoms with E-state index < -0.39 is 5.41 Å². The lowest BCUT2D eigenvalue weighted by Crippen LogP contribution is -2.39. The second-order valence-corrected chi connectivity index (χ2v) is 5.05. The lowest BCUT2D eigenvalue weighted by molar-refractivity contribution is -0.129. The highest BCUT2D eigenvalue weighted by Gasteiger charge is 2.25. The van der Waals surface area contributed by atoms with E-state index in [2.05, 4.69) is 5.32 Å². The SMILES string of the molecule is CC(C)(CCN)C(=O)NCCc1ccc(F)cc1. The lowest BCUT2D eigenvalue weighted by atomic mass is 9.88. The third kappa shape index (κ3) is 4.45. The van der Waals surface area contributed by atoms with E-state index in [1.165, 1.54) is 12.1 Å². The number of nitrogens with one attached hydrogen (secondary N) is 1. The molecule has 0 saturated carbocycles. The van der Waals surface area contributed by atoms with Gasteiger partial charge >= 0.3 is 0 Å². The first-order valence-electron chi connectivity index (χ1n) is 6.18. The van der Waals surface area contributed by atoms with E-state index in [0.717, 1.165) is 5.56 Å². The van der Waals surface area contributed by atoms with Crippen LogP contribution in [-0.4, -0.2) is 19.0 Å². The van der Waals surface area contributed by atoms with E-state index in [9.17, 15) is 9.18 Å². The standard InChI is InChI=1S/C14H21FN2O/c1-14(2,8-9-16)13(18)17-10-7-11-3-5-12(15)6-4-11/h3-6H,7-10,16H2,1-2H3,(H,17,18). The number of carbonyl (C=O) groups excluding carboxylic acids is 1. The summed E-state index contributed by atoms with van der Waals surface area (Å²) >= 11 is 0. The Hall–Kier alpha value is -1.42. The molecule has 1 aromatic carbocycles. The maximum absolute atomic E-state index is 12.7. The van der Waals surface area contributed by atoms with Gasteiger partial charge in [-0.2, -0.15) is 0 Å². The van der Waals surface area contributed by atoms with Crippen LogP contribution < -0.4 is 11.1 Å². The number of carbonyl (C=O) groups is 1. The van der Waals surface area contributed by atoms with Crippen LogP contribution in [0.4, 0.5) is 4.39 Å². The van der Waals surface area contributed by atoms with Crippen molar-refractivity contribution in [3.05, 3.63) is 35.6 Å². The third-order valence-corrected chi connectivity index (χ3v) is 3.00. The third-order valence-electron chi connectivity index (χ3n) is 3.00. The number of nitrogens with two attached hydrogens (primary N) is 1. The van der Waals surface area contributed by atoms with Crippen LogP contribution in [0, 0.1) is 11.2 Å². The normalized spacial score (nSPS) is 11.3. The van der Waals surface area contributed by atoms with Gasteiger partial charge in [0.15, 0.2) is 0 Å². The Morgan fingerprint density at radius 3 is 2.50 bits per heavy atom. The van der Waals surface area contributed by atoms with Crippen molar-refractivity contribution in [2.45, 2.75) is 26.7 Å². The van der Waals surface area contributed by atoms with Crippen molar-refractivity contribution >= 4 is 5.91 Å². The van der Waals surface area contributed by atoms with E-state index in [1.54, 1.807) is 12.1 Å². The van der Waals surface area contributed by atoms with E-state index in [1.807, 2.05) is 13.8 Å². The summed E-state index contributed by atoms with van der Waals surface area (Å²) in [6, 6.07) is 6.31. The van der Waals surface area contributed by atoms with Crippen molar-refractivity contribution in [2.24, 2.45) is 11.1 Å². The summed E-state index contributed by atoms with van der Waals surface area (Å²) < 4.78 is 12.7. The molecule has 100 valence electrons. The second kappa shape index (κ2) is 6.50. The molecule has 0 saturated heterocycles. The molecule has 1 amide bonds. The minimum absolute atomic E-state index is 0.00932. The molecule has 4 heteroatoms. The molecule has 0 radical (unpaired) electrons. The number of hydrogen-bond donors (Lipinski definition) is 2. The molecule has 0 aliphatic rings. The summed E-state index contributed by atoms with van der Waals surface area (Å²) in [5, 5.41) is 2.88. The maximum Gasteiger partial charge on any atom is 0.225 e. The Morgan fingerprint density at radius 1 is 1.33 bits per heavy atom. The second-order valence-electron chi connectivity index (χ2n) is 5.05. The number of rotatable bonds is 6. The van der Waals surface area contributed by atoms with Gasteiger partial charge in [0.05, 0.1) is 0 Å². The van der Waals surface area contributed by atoms with E-state index >= 15 is 0 Å². The fourth-order valence-electron chi connectivity index (χ4n) is 1.69. The lowest BCUT2D eigenvalue weighted by Gasteiger charge is -2.22. The minimum Gasteiger partial charge on any atom is -0.355 e. The molecule has 0 unspecified atom stereocenters. The van der Waals surface area contributed by atoms with Gasteiger partial charge in [0.2, 0.25) is 5.91 Å². The van der Waals surface area contributed by atoms with Gasteiger partial charge in [-0.3, -0.25) is 4.79 Å². The minimum atomic E-state index is -0.433. The molecule has 3 N–H and O–H groups in total. The average Bonchev–Trinajstić information content (AvgIpc) is 2.31. The smallest absolute Gasteiger partial charge is 0.225 e. The molecule has 0 spiro atoms. The van der Waals surface area contributed by atoms with Gasteiger partial charge in [-0.25, -0.2) is 4.39 Å². The average molecular weight is 252 g/mol. The molecule has 18 heavy (non-hydrogen) atoms. The van der Waals surface area contributed by atoms with Crippen molar-refractivity contribution in [3.63, 3.8) is 0 Å². The van der Waals surface area contributed by atoms with Gasteiger partial charge in [0.25, 0.3) is 0 Å². The summed E-state index contributed by atoms with van der Waals surface area (Å²) in [5.41, 5.74) is 6.05. The molecule has 0 aliphatic heterocycles. The summed E-state index contributed by atoms with van der Waals surface area (Å²) in [6.45, 7) is 4.82. The van der Waals surface area contributed by atoms with E-state index in [4.69, 9.17) is 5.73 Å². The Labute approximate surface area is 108 Å². The molecule has 0 heterocycles. The number of amides is 1. The van der Waals surface area contributed by atoms with Crippen LogP contribution in [0.2, 0.25) is 0 Å². The Bertz CT molecular complexity index is 387. The fraction of sp³-hybridized carbons (Fsp3) is 0.500. The predicted octanol–water partition coefficient (Wildman–Crippen LogP) is 1.86. The van der Waals surface area contributed by atoms with Crippen molar-refractivity contribution in [1.82, 2.24) is 5.32 Å². The maximum atomic E-state index is 12.7. The molecule has 3 nitrogen and oxygen atoms in total. The molecule has 1 rings (SSSR count). The van der Waals surface area contributed by atoms with E-state index in [0.29, 0.717) is 25.9 Å². The number of hydrogen-bond acceptors (Lipinski definition) is 2.